The molecule has 0 fully saturated rings. The molecule has 0 saturated carbocycles. The summed E-state index contributed by atoms with van der Waals surface area (Å²) in [6, 6.07) is 5.94. The molecule has 0 unspecified atom stereocenters. The second-order valence-corrected chi connectivity index (χ2v) is 6.18. The summed E-state index contributed by atoms with van der Waals surface area (Å²) in [6.07, 6.45) is 1.88. The van der Waals surface area contributed by atoms with Crippen LogP contribution < -0.4 is 5.73 Å². The molecule has 18 heavy (non-hydrogen) atoms. The summed E-state index contributed by atoms with van der Waals surface area (Å²) in [4.78, 5) is 13.7. The van der Waals surface area contributed by atoms with Gasteiger partial charge in [0.15, 0.2) is 9.84 Å². The zero-order chi connectivity index (χ0) is 13.8. The van der Waals surface area contributed by atoms with Gasteiger partial charge in [-0.05, 0) is 37.2 Å². The van der Waals surface area contributed by atoms with Gasteiger partial charge in [0.1, 0.15) is 0 Å². The average Bonchev–Trinajstić information content (AvgIpc) is 2.34. The second-order valence-electron chi connectivity index (χ2n) is 4.17. The van der Waals surface area contributed by atoms with Crippen LogP contribution >= 0.6 is 0 Å². The molecule has 100 valence electrons. The lowest BCUT2D eigenvalue weighted by atomic mass is 10.2. The van der Waals surface area contributed by atoms with Gasteiger partial charge in [-0.1, -0.05) is 0 Å². The number of carbonyl (C=O) groups is 1. The van der Waals surface area contributed by atoms with Crippen LogP contribution in [0.25, 0.3) is 0 Å². The van der Waals surface area contributed by atoms with E-state index in [0.717, 1.165) is 12.7 Å². The normalized spacial score (nSPS) is 11.3. The Hall–Kier alpha value is -1.40. The smallest absolute Gasteiger partial charge is 0.253 e. The Bertz CT molecular complexity index is 509. The minimum absolute atomic E-state index is 0.136. The van der Waals surface area contributed by atoms with Gasteiger partial charge in [-0.2, -0.15) is 0 Å². The lowest BCUT2D eigenvalue weighted by molar-refractivity contribution is 0.0794. The summed E-state index contributed by atoms with van der Waals surface area (Å²) >= 11 is 0. The van der Waals surface area contributed by atoms with Gasteiger partial charge in [0.2, 0.25) is 0 Å². The third kappa shape index (κ3) is 3.82. The number of rotatable bonds is 5. The molecule has 0 spiro atoms. The fraction of sp³-hybridized carbons (Fsp3) is 0.417. The number of hydrogen-bond donors (Lipinski definition) is 1. The molecule has 0 atom stereocenters. The van der Waals surface area contributed by atoms with Crippen LogP contribution in [-0.2, 0) is 9.84 Å². The highest BCUT2D eigenvalue weighted by Gasteiger charge is 2.12. The summed E-state index contributed by atoms with van der Waals surface area (Å²) in [7, 11) is -1.52. The van der Waals surface area contributed by atoms with E-state index in [0.29, 0.717) is 18.7 Å². The van der Waals surface area contributed by atoms with E-state index < -0.39 is 9.84 Å². The Morgan fingerprint density at radius 1 is 1.28 bits per heavy atom. The Balaban J connectivity index is 2.82. The quantitative estimate of drug-likeness (QED) is 0.845. The second kappa shape index (κ2) is 5.97. The summed E-state index contributed by atoms with van der Waals surface area (Å²) in [6.45, 7) is 1.12. The van der Waals surface area contributed by atoms with Crippen molar-refractivity contribution in [1.82, 2.24) is 4.90 Å². The highest BCUT2D eigenvalue weighted by atomic mass is 32.2. The van der Waals surface area contributed by atoms with Crippen molar-refractivity contribution in [3.05, 3.63) is 29.8 Å². The summed E-state index contributed by atoms with van der Waals surface area (Å²) in [5.41, 5.74) is 5.85. The number of nitrogens with two attached hydrogens (primary N) is 1. The van der Waals surface area contributed by atoms with E-state index in [-0.39, 0.29) is 10.8 Å². The fourth-order valence-electron chi connectivity index (χ4n) is 1.50. The number of sulfone groups is 1. The van der Waals surface area contributed by atoms with Gasteiger partial charge >= 0.3 is 0 Å². The summed E-state index contributed by atoms with van der Waals surface area (Å²) in [5.74, 6) is -0.136. The molecule has 1 aromatic carbocycles. The molecule has 0 bridgehead atoms. The Labute approximate surface area is 108 Å². The van der Waals surface area contributed by atoms with Crippen molar-refractivity contribution in [3.63, 3.8) is 0 Å². The molecule has 0 heterocycles. The van der Waals surface area contributed by atoms with E-state index in [1.807, 2.05) is 0 Å². The molecule has 6 heteroatoms. The predicted octanol–water partition coefficient (Wildman–Crippen LogP) is 0.511. The van der Waals surface area contributed by atoms with Gasteiger partial charge in [-0.15, -0.1) is 0 Å². The van der Waals surface area contributed by atoms with Gasteiger partial charge in [0.05, 0.1) is 4.90 Å². The van der Waals surface area contributed by atoms with Crippen molar-refractivity contribution >= 4 is 15.7 Å². The van der Waals surface area contributed by atoms with Crippen molar-refractivity contribution in [1.29, 1.82) is 0 Å². The number of hydrogen-bond acceptors (Lipinski definition) is 4. The third-order valence-corrected chi connectivity index (χ3v) is 3.70. The maximum atomic E-state index is 11.9. The van der Waals surface area contributed by atoms with E-state index in [1.54, 1.807) is 11.9 Å². The highest BCUT2D eigenvalue weighted by Crippen LogP contribution is 2.11. The highest BCUT2D eigenvalue weighted by molar-refractivity contribution is 7.90. The van der Waals surface area contributed by atoms with Crippen LogP contribution in [0.1, 0.15) is 16.8 Å². The van der Waals surface area contributed by atoms with E-state index in [4.69, 9.17) is 5.73 Å². The molecule has 1 aromatic rings. The summed E-state index contributed by atoms with van der Waals surface area (Å²) in [5, 5.41) is 0. The standard InChI is InChI=1S/C12H18N2O3S/c1-14(9-3-8-13)12(15)10-4-6-11(7-5-10)18(2,16)17/h4-7H,3,8-9,13H2,1-2H3. The minimum atomic E-state index is -3.22. The van der Waals surface area contributed by atoms with Crippen LogP contribution in [0.4, 0.5) is 0 Å². The molecule has 1 amide bonds. The van der Waals surface area contributed by atoms with Gasteiger partial charge in [0, 0.05) is 25.4 Å². The van der Waals surface area contributed by atoms with Gasteiger partial charge < -0.3 is 10.6 Å². The maximum absolute atomic E-state index is 11.9. The van der Waals surface area contributed by atoms with Gasteiger partial charge in [-0.25, -0.2) is 8.42 Å². The topological polar surface area (TPSA) is 80.5 Å². The average molecular weight is 270 g/mol. The Morgan fingerprint density at radius 2 is 1.83 bits per heavy atom. The summed E-state index contributed by atoms with van der Waals surface area (Å²) < 4.78 is 22.6. The van der Waals surface area contributed by atoms with E-state index in [9.17, 15) is 13.2 Å². The molecule has 0 aliphatic rings. The number of benzene rings is 1. The lowest BCUT2D eigenvalue weighted by Crippen LogP contribution is -2.28. The van der Waals surface area contributed by atoms with E-state index >= 15 is 0 Å². The zero-order valence-corrected chi connectivity index (χ0v) is 11.4. The Kier molecular flexibility index (Phi) is 4.86. The molecule has 0 aliphatic heterocycles. The molecule has 0 saturated heterocycles. The van der Waals surface area contributed by atoms with Crippen LogP contribution in [-0.4, -0.2) is 45.6 Å². The lowest BCUT2D eigenvalue weighted by Gasteiger charge is -2.16. The maximum Gasteiger partial charge on any atom is 0.253 e. The van der Waals surface area contributed by atoms with Gasteiger partial charge in [-0.3, -0.25) is 4.79 Å². The number of amides is 1. The van der Waals surface area contributed by atoms with E-state index in [1.165, 1.54) is 24.3 Å². The Morgan fingerprint density at radius 3 is 2.28 bits per heavy atom. The molecule has 1 rings (SSSR count). The van der Waals surface area contributed by atoms with Crippen molar-refractivity contribution in [2.45, 2.75) is 11.3 Å². The molecule has 5 nitrogen and oxygen atoms in total. The largest absolute Gasteiger partial charge is 0.342 e. The van der Waals surface area contributed by atoms with Crippen LogP contribution in [0.5, 0.6) is 0 Å². The first-order valence-corrected chi connectivity index (χ1v) is 7.51. The molecule has 0 aliphatic carbocycles. The van der Waals surface area contributed by atoms with Gasteiger partial charge in [0.25, 0.3) is 5.91 Å². The first-order valence-electron chi connectivity index (χ1n) is 5.62. The predicted molar refractivity (Wildman–Crippen MR) is 70.2 cm³/mol. The molecular formula is C12H18N2O3S. The molecule has 2 N–H and O–H groups in total. The zero-order valence-electron chi connectivity index (χ0n) is 10.6. The van der Waals surface area contributed by atoms with Crippen LogP contribution in [0.2, 0.25) is 0 Å². The van der Waals surface area contributed by atoms with Crippen molar-refractivity contribution in [2.75, 3.05) is 26.4 Å². The number of nitrogens with zero attached hydrogens (tertiary/aromatic N) is 1. The first-order chi connectivity index (χ1) is 8.36. The van der Waals surface area contributed by atoms with Crippen molar-refractivity contribution < 1.29 is 13.2 Å². The minimum Gasteiger partial charge on any atom is -0.342 e. The van der Waals surface area contributed by atoms with Crippen LogP contribution in [0, 0.1) is 0 Å². The van der Waals surface area contributed by atoms with Crippen molar-refractivity contribution in [3.8, 4) is 0 Å². The van der Waals surface area contributed by atoms with Crippen LogP contribution in [0.3, 0.4) is 0 Å². The molecular weight excluding hydrogens is 252 g/mol. The molecule has 0 radical (unpaired) electrons. The van der Waals surface area contributed by atoms with Crippen LogP contribution in [0.15, 0.2) is 29.2 Å². The third-order valence-electron chi connectivity index (χ3n) is 2.57. The number of carbonyl (C=O) groups excluding carboxylic acids is 1. The monoisotopic (exact) mass is 270 g/mol. The first kappa shape index (κ1) is 14.7. The molecule has 0 aromatic heterocycles. The SMILES string of the molecule is CN(CCCN)C(=O)c1ccc(S(C)(=O)=O)cc1. The van der Waals surface area contributed by atoms with Crippen molar-refractivity contribution in [2.24, 2.45) is 5.73 Å². The fourth-order valence-corrected chi connectivity index (χ4v) is 2.13. The van der Waals surface area contributed by atoms with E-state index in [2.05, 4.69) is 0 Å².